The molecule has 0 bridgehead atoms. The third-order valence-corrected chi connectivity index (χ3v) is 4.52. The summed E-state index contributed by atoms with van der Waals surface area (Å²) in [5.74, 6) is 0.694. The zero-order valence-electron chi connectivity index (χ0n) is 11.4. The van der Waals surface area contributed by atoms with E-state index >= 15 is 0 Å². The first-order valence-corrected chi connectivity index (χ1v) is 7.31. The Morgan fingerprint density at radius 1 is 1.28 bits per heavy atom. The topological polar surface area (TPSA) is 52.6 Å². The second kappa shape index (κ2) is 6.53. The number of nitrogens with zero attached hydrogens (tertiary/aromatic N) is 1. The predicted octanol–water partition coefficient (Wildman–Crippen LogP) is 0.995. The van der Waals surface area contributed by atoms with Crippen LogP contribution in [0.2, 0.25) is 0 Å². The molecule has 1 saturated heterocycles. The van der Waals surface area contributed by atoms with Crippen LogP contribution in [0.15, 0.2) is 0 Å². The van der Waals surface area contributed by atoms with Crippen molar-refractivity contribution in [2.24, 2.45) is 11.8 Å². The van der Waals surface area contributed by atoms with Gasteiger partial charge in [-0.25, -0.2) is 0 Å². The fraction of sp³-hybridized carbons (Fsp3) is 0.929. The summed E-state index contributed by atoms with van der Waals surface area (Å²) in [5.41, 5.74) is 0. The fourth-order valence-corrected chi connectivity index (χ4v) is 3.13. The van der Waals surface area contributed by atoms with Crippen LogP contribution in [0.1, 0.15) is 38.5 Å². The van der Waals surface area contributed by atoms with Crippen molar-refractivity contribution in [1.82, 2.24) is 10.2 Å². The predicted molar refractivity (Wildman–Crippen MR) is 71.2 cm³/mol. The molecule has 0 aromatic heterocycles. The Hall–Kier alpha value is -0.610. The van der Waals surface area contributed by atoms with Crippen molar-refractivity contribution in [3.05, 3.63) is 0 Å². The van der Waals surface area contributed by atoms with E-state index in [2.05, 4.69) is 17.3 Å². The first-order valence-electron chi connectivity index (χ1n) is 7.31. The molecule has 0 aromatic rings. The molecule has 0 radical (unpaired) electrons. The number of carbonyl (C=O) groups is 1. The summed E-state index contributed by atoms with van der Waals surface area (Å²) in [4.78, 5) is 14.2. The summed E-state index contributed by atoms with van der Waals surface area (Å²) in [6.07, 6.45) is 6.23. The molecule has 1 unspecified atom stereocenters. The first-order chi connectivity index (χ1) is 8.66. The molecule has 2 aliphatic rings. The third kappa shape index (κ3) is 3.69. The van der Waals surface area contributed by atoms with Gasteiger partial charge in [0.25, 0.3) is 0 Å². The summed E-state index contributed by atoms with van der Waals surface area (Å²) in [5, 5.41) is 13.0. The molecular formula is C14H26N2O2. The van der Waals surface area contributed by atoms with E-state index in [1.807, 2.05) is 0 Å². The zero-order valence-corrected chi connectivity index (χ0v) is 11.4. The number of hydrogen-bond acceptors (Lipinski definition) is 3. The van der Waals surface area contributed by atoms with Gasteiger partial charge in [0.05, 0.1) is 6.10 Å². The van der Waals surface area contributed by atoms with Gasteiger partial charge in [-0.05, 0) is 51.7 Å². The van der Waals surface area contributed by atoms with Crippen LogP contribution in [0, 0.1) is 11.8 Å². The van der Waals surface area contributed by atoms with Crippen LogP contribution in [0.5, 0.6) is 0 Å². The second-order valence-corrected chi connectivity index (χ2v) is 5.93. The van der Waals surface area contributed by atoms with E-state index in [0.29, 0.717) is 12.5 Å². The minimum atomic E-state index is -0.345. The van der Waals surface area contributed by atoms with E-state index < -0.39 is 0 Å². The Morgan fingerprint density at radius 3 is 2.50 bits per heavy atom. The van der Waals surface area contributed by atoms with Crippen LogP contribution < -0.4 is 5.32 Å². The van der Waals surface area contributed by atoms with E-state index in [0.717, 1.165) is 38.8 Å². The maximum absolute atomic E-state index is 12.0. The maximum atomic E-state index is 12.0. The van der Waals surface area contributed by atoms with Gasteiger partial charge in [-0.1, -0.05) is 12.8 Å². The lowest BCUT2D eigenvalue weighted by atomic mass is 9.95. The molecule has 1 atom stereocenters. The number of rotatable bonds is 4. The number of nitrogens with one attached hydrogen (secondary N) is 1. The van der Waals surface area contributed by atoms with Crippen molar-refractivity contribution in [3.8, 4) is 0 Å². The fourth-order valence-electron chi connectivity index (χ4n) is 3.13. The highest BCUT2D eigenvalue weighted by Gasteiger charge is 2.26. The van der Waals surface area contributed by atoms with Gasteiger partial charge in [0.15, 0.2) is 0 Å². The number of aliphatic hydroxyl groups excluding tert-OH is 1. The van der Waals surface area contributed by atoms with Crippen LogP contribution >= 0.6 is 0 Å². The number of amides is 1. The van der Waals surface area contributed by atoms with Gasteiger partial charge in [0.2, 0.25) is 5.91 Å². The summed E-state index contributed by atoms with van der Waals surface area (Å²) in [6.45, 7) is 2.45. The normalized spacial score (nSPS) is 25.2. The molecule has 1 aliphatic carbocycles. The van der Waals surface area contributed by atoms with Gasteiger partial charge in [0, 0.05) is 12.5 Å². The van der Waals surface area contributed by atoms with Crippen LogP contribution in [0.3, 0.4) is 0 Å². The van der Waals surface area contributed by atoms with E-state index in [-0.39, 0.29) is 17.9 Å². The largest absolute Gasteiger partial charge is 0.391 e. The van der Waals surface area contributed by atoms with Crippen LogP contribution in [0.25, 0.3) is 0 Å². The average Bonchev–Trinajstić information content (AvgIpc) is 2.90. The Balaban J connectivity index is 1.67. The minimum absolute atomic E-state index is 0.139. The first kappa shape index (κ1) is 13.8. The van der Waals surface area contributed by atoms with Crippen molar-refractivity contribution < 1.29 is 9.90 Å². The van der Waals surface area contributed by atoms with Crippen LogP contribution in [0.4, 0.5) is 0 Å². The molecule has 2 rings (SSSR count). The number of aliphatic hydroxyl groups is 1. The van der Waals surface area contributed by atoms with E-state index in [9.17, 15) is 9.90 Å². The number of likely N-dealkylation sites (tertiary alicyclic amines) is 1. The number of hydrogen-bond donors (Lipinski definition) is 2. The molecular weight excluding hydrogens is 228 g/mol. The summed E-state index contributed by atoms with van der Waals surface area (Å²) in [7, 11) is 2.10. The molecule has 0 spiro atoms. The molecule has 104 valence electrons. The minimum Gasteiger partial charge on any atom is -0.391 e. The highest BCUT2D eigenvalue weighted by molar-refractivity contribution is 5.78. The van der Waals surface area contributed by atoms with Gasteiger partial charge in [-0.2, -0.15) is 0 Å². The van der Waals surface area contributed by atoms with Gasteiger partial charge >= 0.3 is 0 Å². The lowest BCUT2D eigenvalue weighted by molar-refractivity contribution is -0.126. The number of carbonyl (C=O) groups excluding carboxylic acids is 1. The molecule has 4 nitrogen and oxygen atoms in total. The highest BCUT2D eigenvalue weighted by atomic mass is 16.3. The third-order valence-electron chi connectivity index (χ3n) is 4.52. The quantitative estimate of drug-likeness (QED) is 0.787. The maximum Gasteiger partial charge on any atom is 0.223 e. The molecule has 2 fully saturated rings. The van der Waals surface area contributed by atoms with Gasteiger partial charge in [-0.15, -0.1) is 0 Å². The Bertz CT molecular complexity index is 269. The molecule has 1 amide bonds. The Morgan fingerprint density at radius 2 is 1.89 bits per heavy atom. The van der Waals surface area contributed by atoms with E-state index in [4.69, 9.17) is 0 Å². The van der Waals surface area contributed by atoms with Gasteiger partial charge < -0.3 is 15.3 Å². The monoisotopic (exact) mass is 254 g/mol. The summed E-state index contributed by atoms with van der Waals surface area (Å²) >= 11 is 0. The van der Waals surface area contributed by atoms with Gasteiger partial charge in [-0.3, -0.25) is 4.79 Å². The van der Waals surface area contributed by atoms with Crippen molar-refractivity contribution in [2.45, 2.75) is 44.6 Å². The van der Waals surface area contributed by atoms with Gasteiger partial charge in [0.1, 0.15) is 0 Å². The number of piperidine rings is 1. The molecule has 1 saturated carbocycles. The van der Waals surface area contributed by atoms with E-state index in [1.165, 1.54) is 12.8 Å². The molecule has 0 aromatic carbocycles. The highest BCUT2D eigenvalue weighted by Crippen LogP contribution is 2.27. The standard InChI is InChI=1S/C14H26N2O2/c1-16-8-6-12(7-9-16)14(18)15-10-13(17)11-4-2-3-5-11/h11-13,17H,2-10H2,1H3,(H,15,18). The molecule has 1 aliphatic heterocycles. The Labute approximate surface area is 110 Å². The van der Waals surface area contributed by atoms with Crippen molar-refractivity contribution in [2.75, 3.05) is 26.7 Å². The molecule has 4 heteroatoms. The van der Waals surface area contributed by atoms with E-state index in [1.54, 1.807) is 0 Å². The summed E-state index contributed by atoms with van der Waals surface area (Å²) < 4.78 is 0. The average molecular weight is 254 g/mol. The van der Waals surface area contributed by atoms with Crippen molar-refractivity contribution in [3.63, 3.8) is 0 Å². The lowest BCUT2D eigenvalue weighted by Crippen LogP contribution is -2.42. The van der Waals surface area contributed by atoms with Crippen LogP contribution in [-0.4, -0.2) is 48.7 Å². The zero-order chi connectivity index (χ0) is 13.0. The second-order valence-electron chi connectivity index (χ2n) is 5.93. The Kier molecular flexibility index (Phi) is 5.01. The molecule has 1 heterocycles. The SMILES string of the molecule is CN1CCC(C(=O)NCC(O)C2CCCC2)CC1. The molecule has 18 heavy (non-hydrogen) atoms. The van der Waals surface area contributed by atoms with Crippen molar-refractivity contribution >= 4 is 5.91 Å². The van der Waals surface area contributed by atoms with Crippen LogP contribution in [-0.2, 0) is 4.79 Å². The van der Waals surface area contributed by atoms with Crippen molar-refractivity contribution in [1.29, 1.82) is 0 Å². The summed E-state index contributed by atoms with van der Waals surface area (Å²) in [6, 6.07) is 0. The smallest absolute Gasteiger partial charge is 0.223 e. The molecule has 2 N–H and O–H groups in total. The lowest BCUT2D eigenvalue weighted by Gasteiger charge is -2.28.